The Bertz CT molecular complexity index is 976. The molecule has 0 amide bonds. The Balaban J connectivity index is 1.59. The summed E-state index contributed by atoms with van der Waals surface area (Å²) in [5, 5.41) is 0.570. The molecule has 0 saturated heterocycles. The number of nitrogens with zero attached hydrogens (tertiary/aromatic N) is 1. The third kappa shape index (κ3) is 4.12. The number of hydrogen-bond acceptors (Lipinski definition) is 4. The van der Waals surface area contributed by atoms with E-state index in [4.69, 9.17) is 4.74 Å². The molecule has 0 atom stereocenters. The van der Waals surface area contributed by atoms with E-state index in [1.165, 1.54) is 0 Å². The molecule has 2 aromatic carbocycles. The normalized spacial score (nSPS) is 10.8. The zero-order valence-corrected chi connectivity index (χ0v) is 14.3. The van der Waals surface area contributed by atoms with Gasteiger partial charge in [0.05, 0.1) is 10.9 Å². The number of hydrogen-bond donors (Lipinski definition) is 1. The van der Waals surface area contributed by atoms with Crippen LogP contribution < -0.4 is 10.3 Å². The van der Waals surface area contributed by atoms with Gasteiger partial charge in [-0.2, -0.15) is 0 Å². The van der Waals surface area contributed by atoms with Crippen molar-refractivity contribution in [2.24, 2.45) is 0 Å². The molecule has 1 N–H and O–H groups in total. The maximum atomic E-state index is 12.0. The molecular weight excluding hydrogens is 316 g/mol. The van der Waals surface area contributed by atoms with Crippen molar-refractivity contribution in [1.82, 2.24) is 9.97 Å². The summed E-state index contributed by atoms with van der Waals surface area (Å²) >= 11 is 0. The molecule has 0 bridgehead atoms. The number of fused-ring (bicyclic) bond motifs is 1. The van der Waals surface area contributed by atoms with Gasteiger partial charge < -0.3 is 9.72 Å². The van der Waals surface area contributed by atoms with Gasteiger partial charge in [-0.25, -0.2) is 4.98 Å². The molecule has 5 heteroatoms. The van der Waals surface area contributed by atoms with Crippen LogP contribution in [0.15, 0.2) is 47.3 Å². The quantitative estimate of drug-likeness (QED) is 0.572. The lowest BCUT2D eigenvalue weighted by molar-refractivity contribution is -0.134. The number of rotatable bonds is 5. The lowest BCUT2D eigenvalue weighted by Crippen LogP contribution is -2.13. The van der Waals surface area contributed by atoms with Gasteiger partial charge in [0.15, 0.2) is 0 Å². The molecule has 128 valence electrons. The second-order valence-corrected chi connectivity index (χ2v) is 6.13. The Morgan fingerprint density at radius 1 is 1.16 bits per heavy atom. The first-order valence-electron chi connectivity index (χ1n) is 8.29. The Labute approximate surface area is 145 Å². The van der Waals surface area contributed by atoms with E-state index in [0.717, 1.165) is 11.1 Å². The van der Waals surface area contributed by atoms with Crippen LogP contribution in [0.25, 0.3) is 10.9 Å². The van der Waals surface area contributed by atoms with Gasteiger partial charge in [-0.15, -0.1) is 0 Å². The number of aryl methyl sites for hydroxylation is 3. The second-order valence-electron chi connectivity index (χ2n) is 6.13. The molecule has 0 radical (unpaired) electrons. The molecule has 1 heterocycles. The van der Waals surface area contributed by atoms with Gasteiger partial charge in [0.2, 0.25) is 0 Å². The summed E-state index contributed by atoms with van der Waals surface area (Å²) in [5.41, 5.74) is 2.58. The van der Waals surface area contributed by atoms with Crippen LogP contribution in [-0.2, 0) is 11.2 Å². The lowest BCUT2D eigenvalue weighted by atomic mass is 10.1. The number of nitrogens with one attached hydrogen (secondary N) is 1. The van der Waals surface area contributed by atoms with Crippen LogP contribution in [0, 0.1) is 13.8 Å². The fourth-order valence-corrected chi connectivity index (χ4v) is 2.74. The van der Waals surface area contributed by atoms with Crippen LogP contribution in [0.2, 0.25) is 0 Å². The van der Waals surface area contributed by atoms with E-state index in [9.17, 15) is 9.59 Å². The largest absolute Gasteiger partial charge is 0.426 e. The van der Waals surface area contributed by atoms with E-state index in [1.807, 2.05) is 50.2 Å². The summed E-state index contributed by atoms with van der Waals surface area (Å²) in [6.07, 6.45) is 1.34. The third-order valence-electron chi connectivity index (χ3n) is 4.01. The number of carbonyl (C=O) groups excluding carboxylic acids is 1. The SMILES string of the molecule is Cc1ccc(OC(=O)CCCc2nc3ccccc3c(=O)[nH]2)c(C)c1. The standard InChI is InChI=1S/C20H20N2O3/c1-13-10-11-17(14(2)12-13)25-19(23)9-5-8-18-21-16-7-4-3-6-15(16)20(24)22-18/h3-4,6-7,10-12H,5,8-9H2,1-2H3,(H,21,22,24). The van der Waals surface area contributed by atoms with Gasteiger partial charge in [0, 0.05) is 12.8 Å². The Hall–Kier alpha value is -2.95. The molecule has 25 heavy (non-hydrogen) atoms. The van der Waals surface area contributed by atoms with Gasteiger partial charge in [0.25, 0.3) is 5.56 Å². The van der Waals surface area contributed by atoms with E-state index in [0.29, 0.717) is 35.3 Å². The summed E-state index contributed by atoms with van der Waals surface area (Å²) < 4.78 is 5.40. The predicted molar refractivity (Wildman–Crippen MR) is 96.9 cm³/mol. The first-order chi connectivity index (χ1) is 12.0. The summed E-state index contributed by atoms with van der Waals surface area (Å²) in [7, 11) is 0. The molecule has 0 aliphatic heterocycles. The molecule has 0 aliphatic carbocycles. The van der Waals surface area contributed by atoms with Crippen molar-refractivity contribution in [2.75, 3.05) is 0 Å². The van der Waals surface area contributed by atoms with Crippen molar-refractivity contribution in [1.29, 1.82) is 0 Å². The average molecular weight is 336 g/mol. The van der Waals surface area contributed by atoms with E-state index >= 15 is 0 Å². The number of para-hydroxylation sites is 1. The summed E-state index contributed by atoms with van der Waals surface area (Å²) in [6, 6.07) is 12.9. The van der Waals surface area contributed by atoms with Crippen LogP contribution in [0.4, 0.5) is 0 Å². The number of aromatic nitrogens is 2. The van der Waals surface area contributed by atoms with Crippen LogP contribution in [0.1, 0.15) is 29.8 Å². The highest BCUT2D eigenvalue weighted by Gasteiger charge is 2.09. The molecule has 0 unspecified atom stereocenters. The first-order valence-corrected chi connectivity index (χ1v) is 8.29. The highest BCUT2D eigenvalue weighted by Crippen LogP contribution is 2.19. The number of carbonyl (C=O) groups is 1. The van der Waals surface area contributed by atoms with E-state index in [2.05, 4.69) is 9.97 Å². The van der Waals surface area contributed by atoms with Crippen molar-refractivity contribution < 1.29 is 9.53 Å². The molecule has 5 nitrogen and oxygen atoms in total. The molecule has 0 fully saturated rings. The predicted octanol–water partition coefficient (Wildman–Crippen LogP) is 3.47. The minimum Gasteiger partial charge on any atom is -0.426 e. The topological polar surface area (TPSA) is 72.0 Å². The van der Waals surface area contributed by atoms with E-state index < -0.39 is 0 Å². The molecule has 0 aliphatic rings. The summed E-state index contributed by atoms with van der Waals surface area (Å²) in [4.78, 5) is 31.2. The number of esters is 1. The minimum absolute atomic E-state index is 0.154. The molecular formula is C20H20N2O3. The third-order valence-corrected chi connectivity index (χ3v) is 4.01. The summed E-state index contributed by atoms with van der Waals surface area (Å²) in [6.45, 7) is 3.91. The Morgan fingerprint density at radius 2 is 1.96 bits per heavy atom. The van der Waals surface area contributed by atoms with Crippen molar-refractivity contribution in [3.8, 4) is 5.75 Å². The summed E-state index contributed by atoms with van der Waals surface area (Å²) in [5.74, 6) is 0.894. The minimum atomic E-state index is -0.282. The molecule has 3 rings (SSSR count). The maximum Gasteiger partial charge on any atom is 0.311 e. The number of ether oxygens (including phenoxy) is 1. The van der Waals surface area contributed by atoms with Gasteiger partial charge in [0.1, 0.15) is 11.6 Å². The van der Waals surface area contributed by atoms with Gasteiger partial charge >= 0.3 is 5.97 Å². The molecule has 0 saturated carbocycles. The highest BCUT2D eigenvalue weighted by atomic mass is 16.5. The van der Waals surface area contributed by atoms with Crippen LogP contribution in [0.5, 0.6) is 5.75 Å². The van der Waals surface area contributed by atoms with Crippen LogP contribution in [0.3, 0.4) is 0 Å². The number of benzene rings is 2. The highest BCUT2D eigenvalue weighted by molar-refractivity contribution is 5.77. The second kappa shape index (κ2) is 7.30. The van der Waals surface area contributed by atoms with Crippen molar-refractivity contribution in [2.45, 2.75) is 33.1 Å². The average Bonchev–Trinajstić information content (AvgIpc) is 2.57. The van der Waals surface area contributed by atoms with Crippen molar-refractivity contribution in [3.63, 3.8) is 0 Å². The van der Waals surface area contributed by atoms with Gasteiger partial charge in [-0.1, -0.05) is 29.8 Å². The zero-order chi connectivity index (χ0) is 17.8. The Morgan fingerprint density at radius 3 is 2.76 bits per heavy atom. The smallest absolute Gasteiger partial charge is 0.311 e. The lowest BCUT2D eigenvalue weighted by Gasteiger charge is -2.08. The van der Waals surface area contributed by atoms with Crippen molar-refractivity contribution in [3.05, 3.63) is 69.8 Å². The fourth-order valence-electron chi connectivity index (χ4n) is 2.74. The first kappa shape index (κ1) is 16.9. The molecule has 0 spiro atoms. The molecule has 1 aromatic heterocycles. The Kier molecular flexibility index (Phi) is 4.93. The molecule has 3 aromatic rings. The number of aromatic amines is 1. The zero-order valence-electron chi connectivity index (χ0n) is 14.3. The monoisotopic (exact) mass is 336 g/mol. The van der Waals surface area contributed by atoms with E-state index in [-0.39, 0.29) is 17.9 Å². The fraction of sp³-hybridized carbons (Fsp3) is 0.250. The van der Waals surface area contributed by atoms with Crippen LogP contribution in [-0.4, -0.2) is 15.9 Å². The van der Waals surface area contributed by atoms with Crippen LogP contribution >= 0.6 is 0 Å². The van der Waals surface area contributed by atoms with E-state index in [1.54, 1.807) is 6.07 Å². The number of H-pyrrole nitrogens is 1. The van der Waals surface area contributed by atoms with Crippen molar-refractivity contribution >= 4 is 16.9 Å². The maximum absolute atomic E-state index is 12.0. The van der Waals surface area contributed by atoms with Gasteiger partial charge in [-0.3, -0.25) is 9.59 Å². The van der Waals surface area contributed by atoms with Gasteiger partial charge in [-0.05, 0) is 44.0 Å².